The van der Waals surface area contributed by atoms with Crippen molar-refractivity contribution < 1.29 is 22.7 Å². The van der Waals surface area contributed by atoms with Crippen LogP contribution in [0.1, 0.15) is 57.8 Å². The van der Waals surface area contributed by atoms with Crippen molar-refractivity contribution in [3.8, 4) is 5.75 Å². The van der Waals surface area contributed by atoms with Crippen LogP contribution in [0.4, 0.5) is 5.00 Å². The van der Waals surface area contributed by atoms with Gasteiger partial charge in [-0.1, -0.05) is 30.1 Å². The van der Waals surface area contributed by atoms with Gasteiger partial charge in [0.2, 0.25) is 0 Å². The first kappa shape index (κ1) is 25.3. The van der Waals surface area contributed by atoms with Crippen molar-refractivity contribution in [1.82, 2.24) is 5.32 Å². The lowest BCUT2D eigenvalue weighted by Crippen LogP contribution is -2.36. The standard InChI is InChI=1S/C23H26Cl2N2O5S2/c1-3-32-20-16(24)9-13(10-17(20)25)21(28)27-23-19(15-5-4-12(2)8-18(15)33-23)22(29)26-14-6-7-34(30,31)11-14/h9-10,12,14H,3-8,11H2,1-2H3,(H,26,29)(H,27,28). The predicted molar refractivity (Wildman–Crippen MR) is 136 cm³/mol. The monoisotopic (exact) mass is 544 g/mol. The third-order valence-electron chi connectivity index (χ3n) is 6.08. The minimum absolute atomic E-state index is 0.0625. The quantitative estimate of drug-likeness (QED) is 0.546. The summed E-state index contributed by atoms with van der Waals surface area (Å²) in [6.45, 7) is 4.35. The van der Waals surface area contributed by atoms with E-state index in [9.17, 15) is 18.0 Å². The Morgan fingerprint density at radius 2 is 1.88 bits per heavy atom. The molecule has 0 spiro atoms. The van der Waals surface area contributed by atoms with E-state index in [0.717, 1.165) is 29.7 Å². The highest BCUT2D eigenvalue weighted by atomic mass is 35.5. The second-order valence-electron chi connectivity index (χ2n) is 8.79. The molecule has 1 aliphatic heterocycles. The Morgan fingerprint density at radius 3 is 2.50 bits per heavy atom. The van der Waals surface area contributed by atoms with Crippen LogP contribution in [0.3, 0.4) is 0 Å². The van der Waals surface area contributed by atoms with Gasteiger partial charge in [-0.2, -0.15) is 0 Å². The van der Waals surface area contributed by atoms with Gasteiger partial charge in [0.1, 0.15) is 5.00 Å². The molecule has 0 radical (unpaired) electrons. The summed E-state index contributed by atoms with van der Waals surface area (Å²) in [6.07, 6.45) is 2.89. The molecule has 2 aliphatic rings. The topological polar surface area (TPSA) is 102 Å². The Hall–Kier alpha value is -1.81. The fourth-order valence-electron chi connectivity index (χ4n) is 4.39. The number of amides is 2. The zero-order valence-electron chi connectivity index (χ0n) is 18.9. The summed E-state index contributed by atoms with van der Waals surface area (Å²) in [5.41, 5.74) is 1.60. The van der Waals surface area contributed by atoms with Crippen molar-refractivity contribution in [2.24, 2.45) is 5.92 Å². The van der Waals surface area contributed by atoms with E-state index in [1.54, 1.807) is 6.92 Å². The first-order chi connectivity index (χ1) is 16.1. The third-order valence-corrected chi connectivity index (χ3v) is 9.58. The second kappa shape index (κ2) is 10.0. The van der Waals surface area contributed by atoms with Gasteiger partial charge in [-0.05, 0) is 56.2 Å². The average molecular weight is 546 g/mol. The fourth-order valence-corrected chi connectivity index (χ4v) is 8.07. The lowest BCUT2D eigenvalue weighted by atomic mass is 9.88. The van der Waals surface area contributed by atoms with E-state index in [-0.39, 0.29) is 33.0 Å². The predicted octanol–water partition coefficient (Wildman–Crippen LogP) is 4.75. The number of nitrogens with one attached hydrogen (secondary N) is 2. The Bertz CT molecular complexity index is 1220. The van der Waals surface area contributed by atoms with Gasteiger partial charge in [0.25, 0.3) is 11.8 Å². The number of hydrogen-bond acceptors (Lipinski definition) is 6. The molecule has 1 aromatic carbocycles. The number of ether oxygens (including phenoxy) is 1. The maximum absolute atomic E-state index is 13.3. The molecule has 11 heteroatoms. The Labute approximate surface area is 213 Å². The zero-order chi connectivity index (χ0) is 24.6. The summed E-state index contributed by atoms with van der Waals surface area (Å²) in [4.78, 5) is 27.4. The molecule has 1 aromatic heterocycles. The van der Waals surface area contributed by atoms with Crippen LogP contribution in [0.2, 0.25) is 10.0 Å². The lowest BCUT2D eigenvalue weighted by Gasteiger charge is -2.19. The molecule has 2 unspecified atom stereocenters. The maximum atomic E-state index is 13.3. The third kappa shape index (κ3) is 5.37. The van der Waals surface area contributed by atoms with E-state index < -0.39 is 21.8 Å². The summed E-state index contributed by atoms with van der Waals surface area (Å²) in [5, 5.41) is 6.63. The largest absolute Gasteiger partial charge is 0.491 e. The highest BCUT2D eigenvalue weighted by Gasteiger charge is 2.33. The van der Waals surface area contributed by atoms with Gasteiger partial charge in [0, 0.05) is 16.5 Å². The number of carbonyl (C=O) groups is 2. The summed E-state index contributed by atoms with van der Waals surface area (Å²) in [5.74, 6) is -0.000385. The van der Waals surface area contributed by atoms with Crippen molar-refractivity contribution in [3.63, 3.8) is 0 Å². The van der Waals surface area contributed by atoms with Crippen LogP contribution in [0.15, 0.2) is 12.1 Å². The Morgan fingerprint density at radius 1 is 1.18 bits per heavy atom. The van der Waals surface area contributed by atoms with E-state index in [4.69, 9.17) is 27.9 Å². The average Bonchev–Trinajstić information content (AvgIpc) is 3.28. The molecule has 34 heavy (non-hydrogen) atoms. The number of hydrogen-bond donors (Lipinski definition) is 2. The molecule has 4 rings (SSSR count). The number of thiophene rings is 1. The second-order valence-corrected chi connectivity index (χ2v) is 12.9. The van der Waals surface area contributed by atoms with Crippen LogP contribution >= 0.6 is 34.5 Å². The van der Waals surface area contributed by atoms with Gasteiger partial charge in [0.05, 0.1) is 33.7 Å². The minimum atomic E-state index is -3.13. The van der Waals surface area contributed by atoms with Gasteiger partial charge in [-0.3, -0.25) is 9.59 Å². The van der Waals surface area contributed by atoms with Crippen LogP contribution in [0.25, 0.3) is 0 Å². The number of anilines is 1. The lowest BCUT2D eigenvalue weighted by molar-refractivity contribution is 0.0941. The number of benzene rings is 1. The van der Waals surface area contributed by atoms with E-state index >= 15 is 0 Å². The molecule has 1 fully saturated rings. The summed E-state index contributed by atoms with van der Waals surface area (Å²) in [7, 11) is -3.13. The van der Waals surface area contributed by atoms with Crippen molar-refractivity contribution >= 4 is 61.2 Å². The van der Waals surface area contributed by atoms with Crippen molar-refractivity contribution in [1.29, 1.82) is 0 Å². The minimum Gasteiger partial charge on any atom is -0.491 e. The van der Waals surface area contributed by atoms with Crippen LogP contribution in [0.5, 0.6) is 5.75 Å². The van der Waals surface area contributed by atoms with E-state index in [2.05, 4.69) is 17.6 Å². The molecule has 2 aromatic rings. The summed E-state index contributed by atoms with van der Waals surface area (Å²) >= 11 is 13.9. The molecule has 1 saturated heterocycles. The van der Waals surface area contributed by atoms with E-state index in [1.807, 2.05) is 0 Å². The van der Waals surface area contributed by atoms with Gasteiger partial charge in [-0.15, -0.1) is 11.3 Å². The summed E-state index contributed by atoms with van der Waals surface area (Å²) < 4.78 is 29.1. The number of rotatable bonds is 6. The molecule has 0 bridgehead atoms. The highest BCUT2D eigenvalue weighted by molar-refractivity contribution is 7.91. The Balaban J connectivity index is 1.62. The molecule has 2 atom stereocenters. The van der Waals surface area contributed by atoms with Gasteiger partial charge in [0.15, 0.2) is 15.6 Å². The van der Waals surface area contributed by atoms with E-state index in [0.29, 0.717) is 35.3 Å². The highest BCUT2D eigenvalue weighted by Crippen LogP contribution is 2.40. The number of carbonyl (C=O) groups excluding carboxylic acids is 2. The molecule has 184 valence electrons. The van der Waals surface area contributed by atoms with Crippen LogP contribution in [-0.4, -0.2) is 44.4 Å². The summed E-state index contributed by atoms with van der Waals surface area (Å²) in [6, 6.07) is 2.53. The Kier molecular flexibility index (Phi) is 7.47. The van der Waals surface area contributed by atoms with Gasteiger partial charge < -0.3 is 15.4 Å². The van der Waals surface area contributed by atoms with E-state index in [1.165, 1.54) is 23.5 Å². The van der Waals surface area contributed by atoms with Crippen LogP contribution in [-0.2, 0) is 22.7 Å². The number of halogens is 2. The normalized spacial score (nSPS) is 21.1. The molecular formula is C23H26Cl2N2O5S2. The SMILES string of the molecule is CCOc1c(Cl)cc(C(=O)Nc2sc3c(c2C(=O)NC2CCS(=O)(=O)C2)CCC(C)C3)cc1Cl. The maximum Gasteiger partial charge on any atom is 0.256 e. The van der Waals surface area contributed by atoms with Crippen LogP contribution < -0.4 is 15.4 Å². The van der Waals surface area contributed by atoms with Gasteiger partial charge >= 0.3 is 0 Å². The molecule has 2 heterocycles. The molecule has 7 nitrogen and oxygen atoms in total. The van der Waals surface area contributed by atoms with Crippen molar-refractivity contribution in [2.45, 2.75) is 45.6 Å². The molecular weight excluding hydrogens is 519 g/mol. The molecule has 1 aliphatic carbocycles. The molecule has 2 N–H and O–H groups in total. The molecule has 0 saturated carbocycles. The zero-order valence-corrected chi connectivity index (χ0v) is 22.0. The van der Waals surface area contributed by atoms with Crippen molar-refractivity contribution in [2.75, 3.05) is 23.4 Å². The van der Waals surface area contributed by atoms with Gasteiger partial charge in [-0.25, -0.2) is 8.42 Å². The number of fused-ring (bicyclic) bond motifs is 1. The first-order valence-electron chi connectivity index (χ1n) is 11.2. The number of sulfone groups is 1. The smallest absolute Gasteiger partial charge is 0.256 e. The van der Waals surface area contributed by atoms with Crippen molar-refractivity contribution in [3.05, 3.63) is 43.7 Å². The first-order valence-corrected chi connectivity index (χ1v) is 14.6. The fraction of sp³-hybridized carbons (Fsp3) is 0.478. The van der Waals surface area contributed by atoms with Crippen LogP contribution in [0, 0.1) is 5.92 Å². The molecule has 2 amide bonds.